The molecule has 0 heterocycles. The van der Waals surface area contributed by atoms with Gasteiger partial charge in [0.2, 0.25) is 15.9 Å². The summed E-state index contributed by atoms with van der Waals surface area (Å²) in [6, 6.07) is 4.78. The molecular weight excluding hydrogens is 285 g/mol. The standard InChI is InChI=1S/C12H14FN3O3S/c1-2-6-15-12(17)8-16-20(18,19)11-5-3-4-10(13)9(11)7-14/h3-5,16H,2,6,8H2,1H3,(H,15,17). The van der Waals surface area contributed by atoms with Gasteiger partial charge in [-0.25, -0.2) is 17.5 Å². The van der Waals surface area contributed by atoms with E-state index in [9.17, 15) is 17.6 Å². The van der Waals surface area contributed by atoms with E-state index in [1.807, 2.05) is 11.6 Å². The van der Waals surface area contributed by atoms with Gasteiger partial charge in [0.25, 0.3) is 0 Å². The summed E-state index contributed by atoms with van der Waals surface area (Å²) in [7, 11) is -4.12. The molecule has 1 rings (SSSR count). The van der Waals surface area contributed by atoms with E-state index in [1.165, 1.54) is 12.1 Å². The van der Waals surface area contributed by atoms with E-state index in [-0.39, 0.29) is 0 Å². The smallest absolute Gasteiger partial charge is 0.242 e. The van der Waals surface area contributed by atoms with Gasteiger partial charge in [-0.05, 0) is 18.6 Å². The number of nitrogens with zero attached hydrogens (tertiary/aromatic N) is 1. The van der Waals surface area contributed by atoms with Crippen LogP contribution >= 0.6 is 0 Å². The van der Waals surface area contributed by atoms with E-state index in [0.29, 0.717) is 6.54 Å². The number of hydrogen-bond acceptors (Lipinski definition) is 4. The molecule has 6 nitrogen and oxygen atoms in total. The molecule has 1 aromatic carbocycles. The number of sulfonamides is 1. The fraction of sp³-hybridized carbons (Fsp3) is 0.333. The summed E-state index contributed by atoms with van der Waals surface area (Å²) in [4.78, 5) is 10.8. The van der Waals surface area contributed by atoms with Crippen molar-refractivity contribution in [3.63, 3.8) is 0 Å². The van der Waals surface area contributed by atoms with Crippen LogP contribution in [0.4, 0.5) is 4.39 Å². The normalized spacial score (nSPS) is 10.8. The van der Waals surface area contributed by atoms with Crippen LogP contribution in [0.3, 0.4) is 0 Å². The number of amides is 1. The van der Waals surface area contributed by atoms with E-state index >= 15 is 0 Å². The maximum Gasteiger partial charge on any atom is 0.242 e. The number of nitriles is 1. The molecule has 0 saturated heterocycles. The van der Waals surface area contributed by atoms with Crippen LogP contribution in [0.2, 0.25) is 0 Å². The maximum absolute atomic E-state index is 13.4. The second kappa shape index (κ2) is 6.98. The second-order valence-corrected chi connectivity index (χ2v) is 5.63. The summed E-state index contributed by atoms with van der Waals surface area (Å²) in [6.07, 6.45) is 0.723. The third-order valence-corrected chi connectivity index (χ3v) is 3.82. The number of nitrogens with one attached hydrogen (secondary N) is 2. The van der Waals surface area contributed by atoms with Crippen molar-refractivity contribution in [2.24, 2.45) is 0 Å². The molecule has 0 radical (unpaired) electrons. The zero-order valence-corrected chi connectivity index (χ0v) is 11.6. The molecule has 1 amide bonds. The summed E-state index contributed by atoms with van der Waals surface area (Å²) < 4.78 is 39.2. The molecule has 0 aliphatic heterocycles. The molecule has 0 aliphatic carbocycles. The average molecular weight is 299 g/mol. The molecule has 20 heavy (non-hydrogen) atoms. The SMILES string of the molecule is CCCNC(=O)CNS(=O)(=O)c1cccc(F)c1C#N. The van der Waals surface area contributed by atoms with Crippen molar-refractivity contribution in [3.8, 4) is 6.07 Å². The van der Waals surface area contributed by atoms with Crippen molar-refractivity contribution >= 4 is 15.9 Å². The van der Waals surface area contributed by atoms with Crippen LogP contribution in [0.25, 0.3) is 0 Å². The minimum atomic E-state index is -4.12. The molecular formula is C12H14FN3O3S. The van der Waals surface area contributed by atoms with Crippen molar-refractivity contribution in [1.82, 2.24) is 10.0 Å². The first-order valence-corrected chi connectivity index (χ1v) is 7.35. The lowest BCUT2D eigenvalue weighted by Crippen LogP contribution is -2.37. The Bertz CT molecular complexity index is 638. The lowest BCUT2D eigenvalue weighted by molar-refractivity contribution is -0.119. The van der Waals surface area contributed by atoms with E-state index < -0.39 is 38.8 Å². The van der Waals surface area contributed by atoms with Gasteiger partial charge in [0, 0.05) is 6.54 Å². The Morgan fingerprint density at radius 3 is 2.75 bits per heavy atom. The molecule has 0 unspecified atom stereocenters. The topological polar surface area (TPSA) is 99.1 Å². The Balaban J connectivity index is 2.88. The van der Waals surface area contributed by atoms with Gasteiger partial charge in [0.15, 0.2) is 0 Å². The van der Waals surface area contributed by atoms with Crippen molar-refractivity contribution in [2.75, 3.05) is 13.1 Å². The summed E-state index contributed by atoms with van der Waals surface area (Å²) in [5, 5.41) is 11.3. The first-order valence-electron chi connectivity index (χ1n) is 5.87. The zero-order valence-electron chi connectivity index (χ0n) is 10.8. The fourth-order valence-corrected chi connectivity index (χ4v) is 2.55. The number of rotatable bonds is 6. The summed E-state index contributed by atoms with van der Waals surface area (Å²) in [5.74, 6) is -1.42. The van der Waals surface area contributed by atoms with Gasteiger partial charge in [-0.15, -0.1) is 0 Å². The number of benzene rings is 1. The molecule has 0 spiro atoms. The van der Waals surface area contributed by atoms with Crippen LogP contribution in [0.15, 0.2) is 23.1 Å². The van der Waals surface area contributed by atoms with Crippen molar-refractivity contribution in [2.45, 2.75) is 18.2 Å². The highest BCUT2D eigenvalue weighted by atomic mass is 32.2. The number of carbonyl (C=O) groups is 1. The highest BCUT2D eigenvalue weighted by molar-refractivity contribution is 7.89. The first kappa shape index (κ1) is 16.1. The predicted octanol–water partition coefficient (Wildman–Crippen LogP) is 0.502. The van der Waals surface area contributed by atoms with E-state index in [1.54, 1.807) is 0 Å². The minimum absolute atomic E-state index is 0.434. The fourth-order valence-electron chi connectivity index (χ4n) is 1.40. The van der Waals surface area contributed by atoms with Crippen LogP contribution in [-0.4, -0.2) is 27.4 Å². The molecule has 108 valence electrons. The third kappa shape index (κ3) is 4.01. The van der Waals surface area contributed by atoms with Gasteiger partial charge in [0.1, 0.15) is 22.3 Å². The van der Waals surface area contributed by atoms with Gasteiger partial charge in [-0.1, -0.05) is 13.0 Å². The molecule has 1 aromatic rings. The summed E-state index contributed by atoms with van der Waals surface area (Å²) in [5.41, 5.74) is -0.575. The first-order chi connectivity index (χ1) is 9.42. The molecule has 0 saturated carbocycles. The molecule has 0 atom stereocenters. The highest BCUT2D eigenvalue weighted by Gasteiger charge is 2.21. The van der Waals surface area contributed by atoms with Gasteiger partial charge < -0.3 is 5.32 Å². The predicted molar refractivity (Wildman–Crippen MR) is 69.6 cm³/mol. The van der Waals surface area contributed by atoms with Crippen LogP contribution < -0.4 is 10.0 Å². The highest BCUT2D eigenvalue weighted by Crippen LogP contribution is 2.17. The van der Waals surface area contributed by atoms with E-state index in [0.717, 1.165) is 18.6 Å². The van der Waals surface area contributed by atoms with E-state index in [2.05, 4.69) is 5.32 Å². The lowest BCUT2D eigenvalue weighted by atomic mass is 10.2. The molecule has 8 heteroatoms. The molecule has 0 bridgehead atoms. The third-order valence-electron chi connectivity index (χ3n) is 2.37. The molecule has 0 aliphatic rings. The number of hydrogen-bond donors (Lipinski definition) is 2. The summed E-state index contributed by atoms with van der Waals surface area (Å²) >= 11 is 0. The van der Waals surface area contributed by atoms with Gasteiger partial charge in [-0.2, -0.15) is 5.26 Å². The largest absolute Gasteiger partial charge is 0.355 e. The summed E-state index contributed by atoms with van der Waals surface area (Å²) in [6.45, 7) is 1.82. The Morgan fingerprint density at radius 2 is 2.15 bits per heavy atom. The van der Waals surface area contributed by atoms with Crippen LogP contribution in [0.5, 0.6) is 0 Å². The molecule has 0 fully saturated rings. The Labute approximate surface area is 116 Å². The Hall–Kier alpha value is -1.98. The van der Waals surface area contributed by atoms with Crippen molar-refractivity contribution < 1.29 is 17.6 Å². The van der Waals surface area contributed by atoms with Crippen LogP contribution in [0, 0.1) is 17.1 Å². The Morgan fingerprint density at radius 1 is 1.45 bits per heavy atom. The van der Waals surface area contributed by atoms with Gasteiger partial charge >= 0.3 is 0 Å². The van der Waals surface area contributed by atoms with Crippen LogP contribution in [0.1, 0.15) is 18.9 Å². The minimum Gasteiger partial charge on any atom is -0.355 e. The van der Waals surface area contributed by atoms with Crippen LogP contribution in [-0.2, 0) is 14.8 Å². The molecule has 2 N–H and O–H groups in total. The number of halogens is 1. The second-order valence-electron chi connectivity index (χ2n) is 3.90. The van der Waals surface area contributed by atoms with Crippen molar-refractivity contribution in [1.29, 1.82) is 5.26 Å². The molecule has 0 aromatic heterocycles. The maximum atomic E-state index is 13.4. The van der Waals surface area contributed by atoms with Gasteiger partial charge in [-0.3, -0.25) is 4.79 Å². The van der Waals surface area contributed by atoms with Crippen molar-refractivity contribution in [3.05, 3.63) is 29.6 Å². The van der Waals surface area contributed by atoms with Gasteiger partial charge in [0.05, 0.1) is 6.54 Å². The quantitative estimate of drug-likeness (QED) is 0.799. The monoisotopic (exact) mass is 299 g/mol. The Kier molecular flexibility index (Phi) is 5.61. The number of carbonyl (C=O) groups excluding carboxylic acids is 1. The van der Waals surface area contributed by atoms with E-state index in [4.69, 9.17) is 5.26 Å². The lowest BCUT2D eigenvalue weighted by Gasteiger charge is -2.08. The zero-order chi connectivity index (χ0) is 15.2. The average Bonchev–Trinajstić information content (AvgIpc) is 2.42.